The summed E-state index contributed by atoms with van der Waals surface area (Å²) < 4.78 is 33.1. The van der Waals surface area contributed by atoms with Gasteiger partial charge in [0.05, 0.1) is 6.61 Å². The van der Waals surface area contributed by atoms with E-state index in [4.69, 9.17) is 4.74 Å². The number of ether oxygens (including phenoxy) is 1. The first kappa shape index (κ1) is 15.7. The average Bonchev–Trinajstić information content (AvgIpc) is 2.89. The highest BCUT2D eigenvalue weighted by Gasteiger charge is 2.43. The zero-order valence-electron chi connectivity index (χ0n) is 12.0. The van der Waals surface area contributed by atoms with Crippen LogP contribution in [0.2, 0.25) is 0 Å². The van der Waals surface area contributed by atoms with Crippen LogP contribution in [0.3, 0.4) is 0 Å². The Bertz CT molecular complexity index is 454. The molecule has 2 atom stereocenters. The van der Waals surface area contributed by atoms with Crippen molar-refractivity contribution in [3.8, 4) is 0 Å². The molecule has 0 amide bonds. The van der Waals surface area contributed by atoms with Crippen molar-refractivity contribution in [2.24, 2.45) is 0 Å². The molecule has 2 saturated heterocycles. The summed E-state index contributed by atoms with van der Waals surface area (Å²) in [5.41, 5.74) is 0. The molecule has 7 nitrogen and oxygen atoms in total. The van der Waals surface area contributed by atoms with Crippen LogP contribution < -0.4 is 5.32 Å². The van der Waals surface area contributed by atoms with Crippen LogP contribution in [0.4, 0.5) is 0 Å². The molecule has 2 aliphatic rings. The summed E-state index contributed by atoms with van der Waals surface area (Å²) in [6.07, 6.45) is 1.24. The van der Waals surface area contributed by atoms with Gasteiger partial charge < -0.3 is 10.1 Å². The van der Waals surface area contributed by atoms with Gasteiger partial charge in [-0.05, 0) is 26.7 Å². The third-order valence-electron chi connectivity index (χ3n) is 3.72. The Morgan fingerprint density at radius 2 is 2.15 bits per heavy atom. The standard InChI is InChI=1S/C12H23N3O4S/c1-3-19-12(16)11-5-4-7-15(11)20(17,18)14-8-6-13-10(2)9-14/h10-11,13H,3-9H2,1-2H3/t10-,11?/m1/s1. The Balaban J connectivity index is 2.13. The largest absolute Gasteiger partial charge is 0.465 e. The van der Waals surface area contributed by atoms with E-state index in [-0.39, 0.29) is 12.6 Å². The molecule has 0 saturated carbocycles. The lowest BCUT2D eigenvalue weighted by molar-refractivity contribution is -0.146. The van der Waals surface area contributed by atoms with E-state index in [0.29, 0.717) is 39.0 Å². The van der Waals surface area contributed by atoms with Gasteiger partial charge in [-0.3, -0.25) is 4.79 Å². The molecule has 2 aliphatic heterocycles. The number of esters is 1. The van der Waals surface area contributed by atoms with Crippen molar-refractivity contribution in [3.05, 3.63) is 0 Å². The molecule has 2 heterocycles. The molecule has 116 valence electrons. The van der Waals surface area contributed by atoms with Crippen LogP contribution in [0.25, 0.3) is 0 Å². The Kier molecular flexibility index (Phi) is 5.00. The molecule has 0 aromatic carbocycles. The number of piperazine rings is 1. The summed E-state index contributed by atoms with van der Waals surface area (Å²) in [5, 5.41) is 3.21. The molecule has 0 spiro atoms. The van der Waals surface area contributed by atoms with Gasteiger partial charge in [-0.1, -0.05) is 0 Å². The van der Waals surface area contributed by atoms with Crippen LogP contribution in [0.1, 0.15) is 26.7 Å². The Labute approximate surface area is 120 Å². The number of hydrogen-bond acceptors (Lipinski definition) is 5. The first-order valence-corrected chi connectivity index (χ1v) is 8.53. The number of nitrogens with zero attached hydrogens (tertiary/aromatic N) is 2. The summed E-state index contributed by atoms with van der Waals surface area (Å²) in [7, 11) is -3.58. The maximum absolute atomic E-state index is 12.7. The van der Waals surface area contributed by atoms with E-state index in [1.165, 1.54) is 8.61 Å². The van der Waals surface area contributed by atoms with E-state index in [1.807, 2.05) is 6.92 Å². The van der Waals surface area contributed by atoms with Gasteiger partial charge >= 0.3 is 5.97 Å². The summed E-state index contributed by atoms with van der Waals surface area (Å²) in [4.78, 5) is 11.9. The predicted molar refractivity (Wildman–Crippen MR) is 74.3 cm³/mol. The summed E-state index contributed by atoms with van der Waals surface area (Å²) >= 11 is 0. The molecule has 1 unspecified atom stereocenters. The van der Waals surface area contributed by atoms with Crippen LogP contribution in [0.15, 0.2) is 0 Å². The van der Waals surface area contributed by atoms with Crippen molar-refractivity contribution in [1.29, 1.82) is 0 Å². The number of carbonyl (C=O) groups excluding carboxylic acids is 1. The van der Waals surface area contributed by atoms with Crippen molar-refractivity contribution in [1.82, 2.24) is 13.9 Å². The quantitative estimate of drug-likeness (QED) is 0.712. The van der Waals surface area contributed by atoms with Gasteiger partial charge in [-0.15, -0.1) is 0 Å². The molecular weight excluding hydrogens is 282 g/mol. The molecule has 0 bridgehead atoms. The molecule has 0 aliphatic carbocycles. The van der Waals surface area contributed by atoms with Crippen LogP contribution in [-0.2, 0) is 19.7 Å². The van der Waals surface area contributed by atoms with E-state index in [2.05, 4.69) is 5.32 Å². The fourth-order valence-electron chi connectivity index (χ4n) is 2.75. The van der Waals surface area contributed by atoms with Gasteiger partial charge in [0.1, 0.15) is 6.04 Å². The lowest BCUT2D eigenvalue weighted by atomic mass is 10.2. The van der Waals surface area contributed by atoms with Crippen molar-refractivity contribution >= 4 is 16.2 Å². The van der Waals surface area contributed by atoms with E-state index in [0.717, 1.165) is 0 Å². The van der Waals surface area contributed by atoms with Gasteiger partial charge in [0.15, 0.2) is 0 Å². The molecule has 2 rings (SSSR count). The first-order chi connectivity index (χ1) is 9.46. The van der Waals surface area contributed by atoms with Crippen molar-refractivity contribution in [3.63, 3.8) is 0 Å². The average molecular weight is 305 g/mol. The molecule has 8 heteroatoms. The minimum absolute atomic E-state index is 0.127. The van der Waals surface area contributed by atoms with Gasteiger partial charge in [-0.25, -0.2) is 0 Å². The fraction of sp³-hybridized carbons (Fsp3) is 0.917. The van der Waals surface area contributed by atoms with E-state index >= 15 is 0 Å². The lowest BCUT2D eigenvalue weighted by Gasteiger charge is -2.35. The predicted octanol–water partition coefficient (Wildman–Crippen LogP) is -0.448. The highest BCUT2D eigenvalue weighted by atomic mass is 32.2. The number of nitrogens with one attached hydrogen (secondary N) is 1. The normalized spacial score (nSPS) is 29.5. The second-order valence-electron chi connectivity index (χ2n) is 5.24. The van der Waals surface area contributed by atoms with Gasteiger partial charge in [-0.2, -0.15) is 17.0 Å². The lowest BCUT2D eigenvalue weighted by Crippen LogP contribution is -2.56. The topological polar surface area (TPSA) is 79.0 Å². The van der Waals surface area contributed by atoms with Crippen LogP contribution in [0, 0.1) is 0 Å². The van der Waals surface area contributed by atoms with Crippen LogP contribution >= 0.6 is 0 Å². The van der Waals surface area contributed by atoms with Crippen LogP contribution in [0.5, 0.6) is 0 Å². The van der Waals surface area contributed by atoms with Crippen molar-refractivity contribution in [2.75, 3.05) is 32.8 Å². The first-order valence-electron chi connectivity index (χ1n) is 7.13. The second kappa shape index (κ2) is 6.38. The molecule has 20 heavy (non-hydrogen) atoms. The molecule has 2 fully saturated rings. The number of rotatable bonds is 4. The maximum atomic E-state index is 12.7. The zero-order valence-corrected chi connectivity index (χ0v) is 12.9. The van der Waals surface area contributed by atoms with Gasteiger partial charge in [0.2, 0.25) is 0 Å². The zero-order chi connectivity index (χ0) is 14.8. The fourth-order valence-corrected chi connectivity index (χ4v) is 4.65. The molecule has 0 aromatic heterocycles. The summed E-state index contributed by atoms with van der Waals surface area (Å²) in [5.74, 6) is -0.434. The Morgan fingerprint density at radius 3 is 2.80 bits per heavy atom. The third kappa shape index (κ3) is 3.13. The number of hydrogen-bond donors (Lipinski definition) is 1. The van der Waals surface area contributed by atoms with Crippen LogP contribution in [-0.4, -0.2) is 67.9 Å². The van der Waals surface area contributed by atoms with Crippen molar-refractivity contribution in [2.45, 2.75) is 38.8 Å². The van der Waals surface area contributed by atoms with E-state index in [9.17, 15) is 13.2 Å². The monoisotopic (exact) mass is 305 g/mol. The second-order valence-corrected chi connectivity index (χ2v) is 7.12. The smallest absolute Gasteiger partial charge is 0.324 e. The molecule has 1 N–H and O–H groups in total. The Hall–Kier alpha value is -0.700. The van der Waals surface area contributed by atoms with Gasteiger partial charge in [0.25, 0.3) is 10.2 Å². The SMILES string of the molecule is CCOC(=O)C1CCCN1S(=O)(=O)N1CCN[C@H](C)C1. The highest BCUT2D eigenvalue weighted by molar-refractivity contribution is 7.86. The minimum atomic E-state index is -3.58. The third-order valence-corrected chi connectivity index (χ3v) is 5.73. The van der Waals surface area contributed by atoms with E-state index in [1.54, 1.807) is 6.92 Å². The minimum Gasteiger partial charge on any atom is -0.465 e. The summed E-state index contributed by atoms with van der Waals surface area (Å²) in [6, 6.07) is -0.535. The summed E-state index contributed by atoms with van der Waals surface area (Å²) in [6.45, 7) is 5.86. The molecule has 0 aromatic rings. The Morgan fingerprint density at radius 1 is 1.40 bits per heavy atom. The molecular formula is C12H23N3O4S. The molecule has 0 radical (unpaired) electrons. The highest BCUT2D eigenvalue weighted by Crippen LogP contribution is 2.25. The van der Waals surface area contributed by atoms with E-state index < -0.39 is 22.2 Å². The van der Waals surface area contributed by atoms with Crippen molar-refractivity contribution < 1.29 is 17.9 Å². The number of carbonyl (C=O) groups is 1. The maximum Gasteiger partial charge on any atom is 0.324 e. The van der Waals surface area contributed by atoms with Gasteiger partial charge in [0, 0.05) is 32.2 Å².